The minimum Gasteiger partial charge on any atom is -0.394 e. The molecule has 0 spiro atoms. The summed E-state index contributed by atoms with van der Waals surface area (Å²) in [5.41, 5.74) is 1.35. The highest BCUT2D eigenvalue weighted by Gasteiger charge is 2.22. The highest BCUT2D eigenvalue weighted by molar-refractivity contribution is 9.11. The van der Waals surface area contributed by atoms with Crippen LogP contribution in [0.1, 0.15) is 29.3 Å². The smallest absolute Gasteiger partial charge is 0.0895 e. The standard InChI is InChI=1S/C11H16BrNO2S/c12-11-4-8-9(13-5-7(15)6-14)2-1-3-10(8)16-11/h4,7,9,13-15H,1-3,5-6H2. The van der Waals surface area contributed by atoms with Crippen molar-refractivity contribution in [3.63, 3.8) is 0 Å². The molecule has 0 radical (unpaired) electrons. The third kappa shape index (κ3) is 2.84. The van der Waals surface area contributed by atoms with Crippen molar-refractivity contribution in [3.8, 4) is 0 Å². The predicted octanol–water partition coefficient (Wildman–Crippen LogP) is 1.83. The van der Waals surface area contributed by atoms with E-state index in [0.717, 1.165) is 12.8 Å². The first-order chi connectivity index (χ1) is 7.70. The van der Waals surface area contributed by atoms with Crippen molar-refractivity contribution in [1.29, 1.82) is 0 Å². The van der Waals surface area contributed by atoms with Crippen molar-refractivity contribution in [2.24, 2.45) is 0 Å². The highest BCUT2D eigenvalue weighted by atomic mass is 79.9. The van der Waals surface area contributed by atoms with Crippen molar-refractivity contribution >= 4 is 27.3 Å². The Labute approximate surface area is 108 Å². The lowest BCUT2D eigenvalue weighted by Gasteiger charge is -2.24. The molecule has 1 aromatic heterocycles. The molecule has 2 rings (SSSR count). The Morgan fingerprint density at radius 3 is 3.19 bits per heavy atom. The number of thiophene rings is 1. The molecule has 3 nitrogen and oxygen atoms in total. The predicted molar refractivity (Wildman–Crippen MR) is 68.8 cm³/mol. The first-order valence-electron chi connectivity index (χ1n) is 5.51. The van der Waals surface area contributed by atoms with Crippen LogP contribution in [0.2, 0.25) is 0 Å². The van der Waals surface area contributed by atoms with E-state index in [1.54, 1.807) is 11.3 Å². The maximum absolute atomic E-state index is 9.32. The molecule has 3 N–H and O–H groups in total. The van der Waals surface area contributed by atoms with Gasteiger partial charge in [0.15, 0.2) is 0 Å². The van der Waals surface area contributed by atoms with Gasteiger partial charge in [-0.15, -0.1) is 11.3 Å². The van der Waals surface area contributed by atoms with Gasteiger partial charge < -0.3 is 15.5 Å². The lowest BCUT2D eigenvalue weighted by atomic mass is 9.94. The molecule has 0 bridgehead atoms. The second-order valence-electron chi connectivity index (χ2n) is 4.12. The number of rotatable bonds is 4. The summed E-state index contributed by atoms with van der Waals surface area (Å²) in [5, 5.41) is 21.4. The molecule has 2 unspecified atom stereocenters. The van der Waals surface area contributed by atoms with Crippen LogP contribution in [0.4, 0.5) is 0 Å². The first kappa shape index (κ1) is 12.5. The van der Waals surface area contributed by atoms with Crippen LogP contribution in [-0.2, 0) is 6.42 Å². The fourth-order valence-corrected chi connectivity index (χ4v) is 3.90. The van der Waals surface area contributed by atoms with E-state index in [4.69, 9.17) is 5.11 Å². The number of fused-ring (bicyclic) bond motifs is 1. The van der Waals surface area contributed by atoms with Gasteiger partial charge in [-0.1, -0.05) is 0 Å². The number of nitrogens with one attached hydrogen (secondary N) is 1. The zero-order chi connectivity index (χ0) is 11.5. The molecule has 1 heterocycles. The van der Waals surface area contributed by atoms with E-state index in [0.29, 0.717) is 12.6 Å². The maximum atomic E-state index is 9.32. The number of aliphatic hydroxyl groups excluding tert-OH is 2. The normalized spacial score (nSPS) is 21.8. The van der Waals surface area contributed by atoms with Crippen molar-refractivity contribution in [1.82, 2.24) is 5.32 Å². The quantitative estimate of drug-likeness (QED) is 0.795. The summed E-state index contributed by atoms with van der Waals surface area (Å²) in [4.78, 5) is 1.44. The van der Waals surface area contributed by atoms with Crippen LogP contribution in [0.15, 0.2) is 9.85 Å². The Balaban J connectivity index is 2.01. The SMILES string of the molecule is OCC(O)CNC1CCCc2sc(Br)cc21. The molecule has 2 atom stereocenters. The number of halogens is 1. The van der Waals surface area contributed by atoms with E-state index in [-0.39, 0.29) is 6.61 Å². The molecule has 1 aliphatic rings. The van der Waals surface area contributed by atoms with Gasteiger partial charge in [-0.2, -0.15) is 0 Å². The largest absolute Gasteiger partial charge is 0.394 e. The van der Waals surface area contributed by atoms with Crippen molar-refractivity contribution < 1.29 is 10.2 Å². The second-order valence-corrected chi connectivity index (χ2v) is 6.63. The fraction of sp³-hybridized carbons (Fsp3) is 0.636. The Hall–Kier alpha value is 0.0600. The summed E-state index contributed by atoms with van der Waals surface area (Å²) < 4.78 is 1.17. The third-order valence-electron chi connectivity index (χ3n) is 2.89. The highest BCUT2D eigenvalue weighted by Crippen LogP contribution is 2.37. The monoisotopic (exact) mass is 305 g/mol. The van der Waals surface area contributed by atoms with Crippen LogP contribution in [0.25, 0.3) is 0 Å². The summed E-state index contributed by atoms with van der Waals surface area (Å²) in [6.07, 6.45) is 2.79. The van der Waals surface area contributed by atoms with E-state index in [1.807, 2.05) is 0 Å². The van der Waals surface area contributed by atoms with E-state index in [1.165, 1.54) is 20.6 Å². The number of hydrogen-bond acceptors (Lipinski definition) is 4. The molecule has 5 heteroatoms. The molecule has 0 aliphatic heterocycles. The minimum absolute atomic E-state index is 0.181. The molecule has 0 aromatic carbocycles. The Kier molecular flexibility index (Phi) is 4.38. The molecule has 0 saturated carbocycles. The lowest BCUT2D eigenvalue weighted by Crippen LogP contribution is -2.33. The van der Waals surface area contributed by atoms with Crippen molar-refractivity contribution in [2.75, 3.05) is 13.2 Å². The summed E-state index contributed by atoms with van der Waals surface area (Å²) in [5.74, 6) is 0. The number of hydrogen-bond donors (Lipinski definition) is 3. The van der Waals surface area contributed by atoms with Crippen LogP contribution in [0.3, 0.4) is 0 Å². The van der Waals surface area contributed by atoms with Crippen molar-refractivity contribution in [3.05, 3.63) is 20.3 Å². The molecule has 90 valence electrons. The average molecular weight is 306 g/mol. The first-order valence-corrected chi connectivity index (χ1v) is 7.12. The van der Waals surface area contributed by atoms with E-state index >= 15 is 0 Å². The number of aryl methyl sites for hydroxylation is 1. The van der Waals surface area contributed by atoms with E-state index in [9.17, 15) is 5.11 Å². The van der Waals surface area contributed by atoms with Gasteiger partial charge in [-0.05, 0) is 46.8 Å². The van der Waals surface area contributed by atoms with Crippen LogP contribution < -0.4 is 5.32 Å². The van der Waals surface area contributed by atoms with Gasteiger partial charge in [0, 0.05) is 17.5 Å². The Morgan fingerprint density at radius 1 is 1.62 bits per heavy atom. The topological polar surface area (TPSA) is 52.5 Å². The zero-order valence-corrected chi connectivity index (χ0v) is 11.4. The van der Waals surface area contributed by atoms with Crippen LogP contribution in [0.5, 0.6) is 0 Å². The van der Waals surface area contributed by atoms with Crippen LogP contribution in [0, 0.1) is 0 Å². The van der Waals surface area contributed by atoms with Gasteiger partial charge in [0.2, 0.25) is 0 Å². The van der Waals surface area contributed by atoms with Crippen molar-refractivity contribution in [2.45, 2.75) is 31.4 Å². The molecule has 16 heavy (non-hydrogen) atoms. The van der Waals surface area contributed by atoms with Gasteiger partial charge >= 0.3 is 0 Å². The molecule has 0 fully saturated rings. The van der Waals surface area contributed by atoms with Gasteiger partial charge in [-0.3, -0.25) is 0 Å². The summed E-state index contributed by atoms with van der Waals surface area (Å²) in [7, 11) is 0. The Morgan fingerprint density at radius 2 is 2.44 bits per heavy atom. The summed E-state index contributed by atoms with van der Waals surface area (Å²) in [6.45, 7) is 0.272. The average Bonchev–Trinajstić information content (AvgIpc) is 2.66. The zero-order valence-electron chi connectivity index (χ0n) is 8.95. The summed E-state index contributed by atoms with van der Waals surface area (Å²) >= 11 is 5.31. The minimum atomic E-state index is -0.660. The molecular weight excluding hydrogens is 290 g/mol. The Bertz CT molecular complexity index is 356. The van der Waals surface area contributed by atoms with Gasteiger partial charge in [0.05, 0.1) is 16.5 Å². The number of aliphatic hydroxyl groups is 2. The van der Waals surface area contributed by atoms with Gasteiger partial charge in [0.25, 0.3) is 0 Å². The molecule has 1 aromatic rings. The lowest BCUT2D eigenvalue weighted by molar-refractivity contribution is 0.0912. The van der Waals surface area contributed by atoms with E-state index < -0.39 is 6.10 Å². The molecule has 0 saturated heterocycles. The van der Waals surface area contributed by atoms with Crippen LogP contribution in [-0.4, -0.2) is 29.5 Å². The molecular formula is C11H16BrNO2S. The van der Waals surface area contributed by atoms with Gasteiger partial charge in [0.1, 0.15) is 0 Å². The van der Waals surface area contributed by atoms with Gasteiger partial charge in [-0.25, -0.2) is 0 Å². The maximum Gasteiger partial charge on any atom is 0.0895 e. The molecule has 0 amide bonds. The van der Waals surface area contributed by atoms with Crippen LogP contribution >= 0.6 is 27.3 Å². The third-order valence-corrected chi connectivity index (χ3v) is 4.61. The van der Waals surface area contributed by atoms with E-state index in [2.05, 4.69) is 27.3 Å². The summed E-state index contributed by atoms with van der Waals surface area (Å²) in [6, 6.07) is 2.50. The fourth-order valence-electron chi connectivity index (χ4n) is 2.08. The second kappa shape index (κ2) is 5.60. The molecule has 1 aliphatic carbocycles.